The highest BCUT2D eigenvalue weighted by molar-refractivity contribution is 7.98. The molecule has 0 unspecified atom stereocenters. The van der Waals surface area contributed by atoms with Gasteiger partial charge >= 0.3 is 0 Å². The van der Waals surface area contributed by atoms with Gasteiger partial charge in [0.2, 0.25) is 0 Å². The Labute approximate surface area is 123 Å². The highest BCUT2D eigenvalue weighted by atomic mass is 32.2. The highest BCUT2D eigenvalue weighted by Gasteiger charge is 2.38. The van der Waals surface area contributed by atoms with E-state index in [1.807, 2.05) is 30.5 Å². The Morgan fingerprint density at radius 1 is 1.32 bits per heavy atom. The Bertz CT molecular complexity index is 479. The van der Waals surface area contributed by atoms with Crippen molar-refractivity contribution >= 4 is 34.9 Å². The monoisotopic (exact) mass is 294 g/mol. The van der Waals surface area contributed by atoms with Gasteiger partial charge in [-0.3, -0.25) is 4.79 Å². The number of rotatable bonds is 4. The molecule has 2 rings (SSSR count). The first kappa shape index (κ1) is 14.3. The molecular weight excluding hydrogens is 276 g/mol. The number of benzene rings is 1. The summed E-state index contributed by atoms with van der Waals surface area (Å²) in [5, 5.41) is 3.03. The minimum Gasteiger partial charge on any atom is -0.391 e. The number of thioether (sulfide) groups is 1. The first-order valence-corrected chi connectivity index (χ1v) is 7.97. The number of nitrogens with one attached hydrogen (secondary N) is 1. The SMILES string of the molecule is CSc1ccc(C(=O)NC2(C(N)=S)CCCC2)cc1. The fourth-order valence-electron chi connectivity index (χ4n) is 2.44. The van der Waals surface area contributed by atoms with Crippen LogP contribution in [0.5, 0.6) is 0 Å². The van der Waals surface area contributed by atoms with Gasteiger partial charge in [-0.15, -0.1) is 11.8 Å². The summed E-state index contributed by atoms with van der Waals surface area (Å²) in [7, 11) is 0. The minimum absolute atomic E-state index is 0.0950. The van der Waals surface area contributed by atoms with Gasteiger partial charge in [0.05, 0.1) is 10.5 Å². The molecule has 1 aliphatic carbocycles. The molecule has 102 valence electrons. The van der Waals surface area contributed by atoms with Crippen LogP contribution in [-0.4, -0.2) is 22.7 Å². The van der Waals surface area contributed by atoms with E-state index in [0.29, 0.717) is 10.6 Å². The predicted molar refractivity (Wildman–Crippen MR) is 83.7 cm³/mol. The molecule has 1 fully saturated rings. The molecule has 19 heavy (non-hydrogen) atoms. The van der Waals surface area contributed by atoms with Crippen LogP contribution in [0.3, 0.4) is 0 Å². The van der Waals surface area contributed by atoms with E-state index in [9.17, 15) is 4.79 Å². The van der Waals surface area contributed by atoms with E-state index in [0.717, 1.165) is 30.6 Å². The van der Waals surface area contributed by atoms with Crippen molar-refractivity contribution in [1.82, 2.24) is 5.32 Å². The van der Waals surface area contributed by atoms with E-state index in [2.05, 4.69) is 5.32 Å². The van der Waals surface area contributed by atoms with Gasteiger partial charge in [0, 0.05) is 10.5 Å². The maximum absolute atomic E-state index is 12.3. The quantitative estimate of drug-likeness (QED) is 0.662. The molecule has 0 aromatic heterocycles. The fraction of sp³-hybridized carbons (Fsp3) is 0.429. The third-order valence-corrected chi connectivity index (χ3v) is 4.77. The standard InChI is InChI=1S/C14H18N2OS2/c1-19-11-6-4-10(5-7-11)12(17)16-14(13(15)18)8-2-3-9-14/h4-7H,2-3,8-9H2,1H3,(H2,15,18)(H,16,17). The molecule has 1 amide bonds. The summed E-state index contributed by atoms with van der Waals surface area (Å²) in [5.74, 6) is -0.0950. The van der Waals surface area contributed by atoms with Crippen LogP contribution < -0.4 is 11.1 Å². The van der Waals surface area contributed by atoms with Gasteiger partial charge in [-0.25, -0.2) is 0 Å². The van der Waals surface area contributed by atoms with E-state index in [4.69, 9.17) is 18.0 Å². The fourth-order valence-corrected chi connectivity index (χ4v) is 3.11. The third-order valence-electron chi connectivity index (χ3n) is 3.63. The Kier molecular flexibility index (Phi) is 4.47. The van der Waals surface area contributed by atoms with Crippen LogP contribution in [0.15, 0.2) is 29.2 Å². The second-order valence-corrected chi connectivity index (χ2v) is 6.16. The molecule has 0 heterocycles. The summed E-state index contributed by atoms with van der Waals surface area (Å²) < 4.78 is 0. The molecule has 1 aliphatic rings. The number of carbonyl (C=O) groups excluding carboxylic acids is 1. The molecular formula is C14H18N2OS2. The maximum Gasteiger partial charge on any atom is 0.252 e. The van der Waals surface area contributed by atoms with Gasteiger partial charge in [0.15, 0.2) is 0 Å². The van der Waals surface area contributed by atoms with Crippen LogP contribution >= 0.6 is 24.0 Å². The molecule has 1 aromatic rings. The summed E-state index contributed by atoms with van der Waals surface area (Å²) in [6.07, 6.45) is 5.81. The molecule has 0 spiro atoms. The van der Waals surface area contributed by atoms with Crippen molar-refractivity contribution in [2.45, 2.75) is 36.1 Å². The summed E-state index contributed by atoms with van der Waals surface area (Å²) in [6, 6.07) is 7.57. The van der Waals surface area contributed by atoms with Gasteiger partial charge in [0.25, 0.3) is 5.91 Å². The Balaban J connectivity index is 2.13. The molecule has 0 atom stereocenters. The minimum atomic E-state index is -0.482. The summed E-state index contributed by atoms with van der Waals surface area (Å²) >= 11 is 6.79. The normalized spacial score (nSPS) is 17.1. The molecule has 1 saturated carbocycles. The van der Waals surface area contributed by atoms with E-state index in [1.54, 1.807) is 11.8 Å². The van der Waals surface area contributed by atoms with Gasteiger partial charge < -0.3 is 11.1 Å². The van der Waals surface area contributed by atoms with Crippen molar-refractivity contribution in [3.63, 3.8) is 0 Å². The summed E-state index contributed by atoms with van der Waals surface area (Å²) in [6.45, 7) is 0. The smallest absolute Gasteiger partial charge is 0.252 e. The zero-order valence-electron chi connectivity index (χ0n) is 10.9. The largest absolute Gasteiger partial charge is 0.391 e. The Morgan fingerprint density at radius 2 is 1.89 bits per heavy atom. The summed E-state index contributed by atoms with van der Waals surface area (Å²) in [5.41, 5.74) is 5.99. The summed E-state index contributed by atoms with van der Waals surface area (Å²) in [4.78, 5) is 13.8. The number of thiocarbonyl (C=S) groups is 1. The number of hydrogen-bond donors (Lipinski definition) is 2. The lowest BCUT2D eigenvalue weighted by atomic mass is 9.97. The van der Waals surface area contributed by atoms with Crippen LogP contribution in [-0.2, 0) is 0 Å². The van der Waals surface area contributed by atoms with Gasteiger partial charge in [-0.2, -0.15) is 0 Å². The van der Waals surface area contributed by atoms with Crippen LogP contribution in [0.4, 0.5) is 0 Å². The van der Waals surface area contributed by atoms with Crippen molar-refractivity contribution in [2.75, 3.05) is 6.26 Å². The van der Waals surface area contributed by atoms with Crippen LogP contribution in [0.25, 0.3) is 0 Å². The van der Waals surface area contributed by atoms with Crippen molar-refractivity contribution in [1.29, 1.82) is 0 Å². The van der Waals surface area contributed by atoms with Gasteiger partial charge in [0.1, 0.15) is 0 Å². The average Bonchev–Trinajstić information content (AvgIpc) is 2.88. The lowest BCUT2D eigenvalue weighted by Gasteiger charge is -2.29. The average molecular weight is 294 g/mol. The highest BCUT2D eigenvalue weighted by Crippen LogP contribution is 2.30. The number of carbonyl (C=O) groups is 1. The van der Waals surface area contributed by atoms with Crippen molar-refractivity contribution in [3.8, 4) is 0 Å². The zero-order valence-corrected chi connectivity index (χ0v) is 12.6. The maximum atomic E-state index is 12.3. The second kappa shape index (κ2) is 5.92. The van der Waals surface area contributed by atoms with Gasteiger partial charge in [-0.05, 0) is 43.4 Å². The van der Waals surface area contributed by atoms with E-state index >= 15 is 0 Å². The molecule has 0 bridgehead atoms. The lowest BCUT2D eigenvalue weighted by molar-refractivity contribution is 0.0924. The number of amides is 1. The first-order valence-electron chi connectivity index (χ1n) is 6.34. The lowest BCUT2D eigenvalue weighted by Crippen LogP contribution is -2.54. The number of hydrogen-bond acceptors (Lipinski definition) is 3. The van der Waals surface area contributed by atoms with Crippen LogP contribution in [0.2, 0.25) is 0 Å². The molecule has 5 heteroatoms. The van der Waals surface area contributed by atoms with Crippen molar-refractivity contribution in [3.05, 3.63) is 29.8 Å². The van der Waals surface area contributed by atoms with Gasteiger partial charge in [-0.1, -0.05) is 25.1 Å². The van der Waals surface area contributed by atoms with E-state index in [-0.39, 0.29) is 5.91 Å². The van der Waals surface area contributed by atoms with E-state index in [1.165, 1.54) is 0 Å². The Hall–Kier alpha value is -1.07. The first-order chi connectivity index (χ1) is 9.07. The Morgan fingerprint density at radius 3 is 2.37 bits per heavy atom. The predicted octanol–water partition coefficient (Wildman–Crippen LogP) is 2.74. The van der Waals surface area contributed by atoms with Crippen LogP contribution in [0, 0.1) is 0 Å². The molecule has 3 nitrogen and oxygen atoms in total. The van der Waals surface area contributed by atoms with Crippen molar-refractivity contribution < 1.29 is 4.79 Å². The van der Waals surface area contributed by atoms with Crippen LogP contribution in [0.1, 0.15) is 36.0 Å². The molecule has 0 saturated heterocycles. The molecule has 0 radical (unpaired) electrons. The molecule has 3 N–H and O–H groups in total. The zero-order chi connectivity index (χ0) is 13.9. The second-order valence-electron chi connectivity index (χ2n) is 4.84. The van der Waals surface area contributed by atoms with E-state index < -0.39 is 5.54 Å². The molecule has 1 aromatic carbocycles. The molecule has 0 aliphatic heterocycles. The third kappa shape index (κ3) is 3.09. The topological polar surface area (TPSA) is 55.1 Å². The number of nitrogens with two attached hydrogens (primary N) is 1. The van der Waals surface area contributed by atoms with Crippen molar-refractivity contribution in [2.24, 2.45) is 5.73 Å².